The molecule has 0 unspecified atom stereocenters. The van der Waals surface area contributed by atoms with Gasteiger partial charge in [0.05, 0.1) is 0 Å². The second-order valence-electron chi connectivity index (χ2n) is 6.43. The Labute approximate surface area is 135 Å². The van der Waals surface area contributed by atoms with Gasteiger partial charge in [-0.3, -0.25) is 0 Å². The van der Waals surface area contributed by atoms with Crippen molar-refractivity contribution in [1.82, 2.24) is 0 Å². The van der Waals surface area contributed by atoms with Gasteiger partial charge in [0.25, 0.3) is 0 Å². The Morgan fingerprint density at radius 3 is 2.05 bits per heavy atom. The summed E-state index contributed by atoms with van der Waals surface area (Å²) >= 11 is 0. The summed E-state index contributed by atoms with van der Waals surface area (Å²) in [7, 11) is 0. The molecule has 2 N–H and O–H groups in total. The van der Waals surface area contributed by atoms with Gasteiger partial charge < -0.3 is 10.6 Å². The Hall–Kier alpha value is -1.96. The zero-order valence-corrected chi connectivity index (χ0v) is 14.0. The fourth-order valence-electron chi connectivity index (χ4n) is 2.73. The molecule has 0 radical (unpaired) electrons. The van der Waals surface area contributed by atoms with Crippen molar-refractivity contribution in [2.45, 2.75) is 40.2 Å². The maximum absolute atomic E-state index is 5.77. The van der Waals surface area contributed by atoms with Crippen LogP contribution >= 0.6 is 0 Å². The molecule has 0 saturated heterocycles. The number of hydrogen-bond donors (Lipinski definition) is 1. The first-order chi connectivity index (χ1) is 10.6. The van der Waals surface area contributed by atoms with Gasteiger partial charge in [-0.05, 0) is 54.2 Å². The molecular weight excluding hydrogens is 268 g/mol. The molecule has 0 aromatic heterocycles. The summed E-state index contributed by atoms with van der Waals surface area (Å²) in [6.45, 7) is 8.74. The van der Waals surface area contributed by atoms with Crippen molar-refractivity contribution < 1.29 is 0 Å². The molecule has 2 aromatic rings. The van der Waals surface area contributed by atoms with Crippen LogP contribution in [0.1, 0.15) is 38.3 Å². The number of nitrogen functional groups attached to an aromatic ring is 1. The van der Waals surface area contributed by atoms with Crippen LogP contribution in [-0.2, 0) is 13.0 Å². The fourth-order valence-corrected chi connectivity index (χ4v) is 2.73. The summed E-state index contributed by atoms with van der Waals surface area (Å²) in [4.78, 5) is 2.44. The summed E-state index contributed by atoms with van der Waals surface area (Å²) in [5.41, 5.74) is 10.6. The lowest BCUT2D eigenvalue weighted by atomic mass is 10.0. The Morgan fingerprint density at radius 1 is 0.909 bits per heavy atom. The predicted octanol–water partition coefficient (Wildman–Crippen LogP) is 4.88. The molecule has 0 bridgehead atoms. The highest BCUT2D eigenvalue weighted by Crippen LogP contribution is 2.20. The van der Waals surface area contributed by atoms with E-state index >= 15 is 0 Å². The molecule has 2 aromatic carbocycles. The highest BCUT2D eigenvalue weighted by Gasteiger charge is 2.07. The topological polar surface area (TPSA) is 29.3 Å². The van der Waals surface area contributed by atoms with Crippen molar-refractivity contribution in [3.63, 3.8) is 0 Å². The molecule has 0 saturated carbocycles. The third kappa shape index (κ3) is 4.80. The average Bonchev–Trinajstić information content (AvgIpc) is 2.49. The van der Waals surface area contributed by atoms with Crippen molar-refractivity contribution >= 4 is 11.4 Å². The first-order valence-electron chi connectivity index (χ1n) is 8.26. The Kier molecular flexibility index (Phi) is 5.88. The molecule has 22 heavy (non-hydrogen) atoms. The molecule has 0 aliphatic heterocycles. The molecule has 0 heterocycles. The number of benzene rings is 2. The van der Waals surface area contributed by atoms with Gasteiger partial charge in [0.15, 0.2) is 0 Å². The molecule has 0 aliphatic carbocycles. The zero-order chi connectivity index (χ0) is 15.9. The molecule has 0 amide bonds. The van der Waals surface area contributed by atoms with Gasteiger partial charge in [-0.1, -0.05) is 45.0 Å². The van der Waals surface area contributed by atoms with Crippen LogP contribution in [0.25, 0.3) is 0 Å². The molecule has 0 aliphatic rings. The van der Waals surface area contributed by atoms with Gasteiger partial charge in [0, 0.05) is 24.5 Å². The third-order valence-corrected chi connectivity index (χ3v) is 3.79. The summed E-state index contributed by atoms with van der Waals surface area (Å²) in [6.07, 6.45) is 2.29. The lowest BCUT2D eigenvalue weighted by Gasteiger charge is -2.25. The Balaban J connectivity index is 2.11. The van der Waals surface area contributed by atoms with E-state index in [9.17, 15) is 0 Å². The highest BCUT2D eigenvalue weighted by molar-refractivity contribution is 5.49. The van der Waals surface area contributed by atoms with Crippen LogP contribution in [0.4, 0.5) is 11.4 Å². The molecule has 0 atom stereocenters. The van der Waals surface area contributed by atoms with Gasteiger partial charge in [-0.25, -0.2) is 0 Å². The second-order valence-corrected chi connectivity index (χ2v) is 6.43. The van der Waals surface area contributed by atoms with Crippen molar-refractivity contribution in [3.8, 4) is 0 Å². The summed E-state index contributed by atoms with van der Waals surface area (Å²) < 4.78 is 0. The van der Waals surface area contributed by atoms with E-state index in [1.54, 1.807) is 0 Å². The minimum absolute atomic E-state index is 0.701. The number of anilines is 2. The minimum Gasteiger partial charge on any atom is -0.399 e. The zero-order valence-electron chi connectivity index (χ0n) is 14.0. The van der Waals surface area contributed by atoms with Gasteiger partial charge >= 0.3 is 0 Å². The monoisotopic (exact) mass is 296 g/mol. The lowest BCUT2D eigenvalue weighted by molar-refractivity contribution is 0.647. The molecule has 2 rings (SSSR count). The third-order valence-electron chi connectivity index (χ3n) is 3.79. The molecule has 0 fully saturated rings. The van der Waals surface area contributed by atoms with Gasteiger partial charge in [0.1, 0.15) is 0 Å². The number of nitrogens with zero attached hydrogens (tertiary/aromatic N) is 1. The van der Waals surface area contributed by atoms with E-state index in [1.807, 2.05) is 12.1 Å². The van der Waals surface area contributed by atoms with Crippen LogP contribution in [0.5, 0.6) is 0 Å². The van der Waals surface area contributed by atoms with E-state index in [0.717, 1.165) is 31.6 Å². The van der Waals surface area contributed by atoms with E-state index in [4.69, 9.17) is 5.73 Å². The van der Waals surface area contributed by atoms with Crippen molar-refractivity contribution in [1.29, 1.82) is 0 Å². The van der Waals surface area contributed by atoms with E-state index in [-0.39, 0.29) is 0 Å². The van der Waals surface area contributed by atoms with Crippen molar-refractivity contribution in [2.24, 2.45) is 5.92 Å². The van der Waals surface area contributed by atoms with Gasteiger partial charge in [-0.2, -0.15) is 0 Å². The number of rotatable bonds is 7. The van der Waals surface area contributed by atoms with Crippen LogP contribution < -0.4 is 10.6 Å². The Morgan fingerprint density at radius 2 is 1.50 bits per heavy atom. The fraction of sp³-hybridized carbons (Fsp3) is 0.400. The molecule has 0 spiro atoms. The van der Waals surface area contributed by atoms with Crippen molar-refractivity contribution in [2.75, 3.05) is 17.2 Å². The number of nitrogens with two attached hydrogens (primary N) is 1. The normalized spacial score (nSPS) is 10.9. The number of hydrogen-bond acceptors (Lipinski definition) is 2. The van der Waals surface area contributed by atoms with E-state index in [0.29, 0.717) is 5.92 Å². The lowest BCUT2D eigenvalue weighted by Crippen LogP contribution is -2.23. The van der Waals surface area contributed by atoms with Gasteiger partial charge in [-0.15, -0.1) is 0 Å². The van der Waals surface area contributed by atoms with Gasteiger partial charge in [0.2, 0.25) is 0 Å². The van der Waals surface area contributed by atoms with Crippen molar-refractivity contribution in [3.05, 3.63) is 59.7 Å². The first-order valence-corrected chi connectivity index (χ1v) is 8.26. The quantitative estimate of drug-likeness (QED) is 0.737. The van der Waals surface area contributed by atoms with E-state index < -0.39 is 0 Å². The first kappa shape index (κ1) is 16.4. The van der Waals surface area contributed by atoms with Crippen LogP contribution in [0.2, 0.25) is 0 Å². The van der Waals surface area contributed by atoms with Crippen LogP contribution in [0, 0.1) is 5.92 Å². The molecule has 118 valence electrons. The summed E-state index contributed by atoms with van der Waals surface area (Å²) in [5, 5.41) is 0. The Bertz CT molecular complexity index is 555. The summed E-state index contributed by atoms with van der Waals surface area (Å²) in [5.74, 6) is 0.701. The predicted molar refractivity (Wildman–Crippen MR) is 97.2 cm³/mol. The maximum Gasteiger partial charge on any atom is 0.0429 e. The highest BCUT2D eigenvalue weighted by atomic mass is 15.1. The molecular formula is C20H28N2. The SMILES string of the molecule is CCCN(Cc1ccc(N)cc1)c1ccc(CC(C)C)cc1. The second kappa shape index (κ2) is 7.88. The van der Waals surface area contributed by atoms with Crippen LogP contribution in [0.3, 0.4) is 0 Å². The standard InChI is InChI=1S/C20H28N2/c1-4-13-22(15-18-5-9-19(21)10-6-18)20-11-7-17(8-12-20)14-16(2)3/h5-12,16H,4,13-15,21H2,1-3H3. The molecule has 2 heteroatoms. The minimum atomic E-state index is 0.701. The van der Waals surface area contributed by atoms with E-state index in [1.165, 1.54) is 16.8 Å². The average molecular weight is 296 g/mol. The van der Waals surface area contributed by atoms with Crippen LogP contribution in [0.15, 0.2) is 48.5 Å². The molecule has 2 nitrogen and oxygen atoms in total. The maximum atomic E-state index is 5.77. The van der Waals surface area contributed by atoms with E-state index in [2.05, 4.69) is 62.1 Å². The van der Waals surface area contributed by atoms with Crippen LogP contribution in [-0.4, -0.2) is 6.54 Å². The summed E-state index contributed by atoms with van der Waals surface area (Å²) in [6, 6.07) is 17.2. The largest absolute Gasteiger partial charge is 0.399 e. The smallest absolute Gasteiger partial charge is 0.0429 e.